The van der Waals surface area contributed by atoms with E-state index in [1.807, 2.05) is 6.92 Å². The Bertz CT molecular complexity index is 333. The number of esters is 1. The number of nitrogens with zero attached hydrogens (tertiary/aromatic N) is 2. The highest BCUT2D eigenvalue weighted by Crippen LogP contribution is 2.06. The fraction of sp³-hybridized carbons (Fsp3) is 0.600. The third kappa shape index (κ3) is 2.79. The number of carbonyl (C=O) groups excluding carboxylic acids is 1. The molecule has 0 radical (unpaired) electrons. The topological polar surface area (TPSA) is 53.3 Å². The molecule has 0 bridgehead atoms. The summed E-state index contributed by atoms with van der Waals surface area (Å²) in [7, 11) is 2.98. The highest BCUT2D eigenvalue weighted by molar-refractivity contribution is 5.87. The second-order valence-electron chi connectivity index (χ2n) is 3.08. The lowest BCUT2D eigenvalue weighted by molar-refractivity contribution is 0.0592. The molecule has 15 heavy (non-hydrogen) atoms. The first-order valence-electron chi connectivity index (χ1n) is 4.86. The number of carbonyl (C=O) groups is 1. The molecule has 0 saturated carbocycles. The van der Waals surface area contributed by atoms with Crippen molar-refractivity contribution in [1.82, 2.24) is 9.78 Å². The van der Waals surface area contributed by atoms with E-state index in [4.69, 9.17) is 4.74 Å². The summed E-state index contributed by atoms with van der Waals surface area (Å²) in [5.41, 5.74) is 1.36. The van der Waals surface area contributed by atoms with Gasteiger partial charge in [-0.25, -0.2) is 4.79 Å². The zero-order valence-electron chi connectivity index (χ0n) is 9.32. The first-order valence-corrected chi connectivity index (χ1v) is 4.86. The van der Waals surface area contributed by atoms with Crippen LogP contribution >= 0.6 is 0 Å². The van der Waals surface area contributed by atoms with Gasteiger partial charge in [-0.15, -0.1) is 0 Å². The van der Waals surface area contributed by atoms with Gasteiger partial charge in [-0.3, -0.25) is 4.68 Å². The number of ether oxygens (including phenoxy) is 2. The van der Waals surface area contributed by atoms with Gasteiger partial charge in [-0.2, -0.15) is 5.10 Å². The molecule has 1 aromatic heterocycles. The first-order chi connectivity index (χ1) is 7.22. The molecule has 1 rings (SSSR count). The summed E-state index contributed by atoms with van der Waals surface area (Å²) in [5.74, 6) is -0.402. The summed E-state index contributed by atoms with van der Waals surface area (Å²) in [6.45, 7) is 3.24. The highest BCUT2D eigenvalue weighted by Gasteiger charge is 2.13. The molecule has 84 valence electrons. The summed E-state index contributed by atoms with van der Waals surface area (Å²) in [6, 6.07) is 1.75. The maximum atomic E-state index is 11.2. The molecule has 0 atom stereocenters. The summed E-state index contributed by atoms with van der Waals surface area (Å²) < 4.78 is 11.3. The smallest absolute Gasteiger partial charge is 0.358 e. The molecule has 1 aromatic rings. The van der Waals surface area contributed by atoms with Gasteiger partial charge in [0.2, 0.25) is 0 Å². The molecular weight excluding hydrogens is 196 g/mol. The lowest BCUT2D eigenvalue weighted by atomic mass is 10.3. The second-order valence-corrected chi connectivity index (χ2v) is 3.08. The molecule has 0 aliphatic rings. The quantitative estimate of drug-likeness (QED) is 0.680. The number of hydrogen-bond donors (Lipinski definition) is 0. The molecule has 0 fully saturated rings. The first kappa shape index (κ1) is 11.7. The van der Waals surface area contributed by atoms with Crippen LogP contribution in [-0.2, 0) is 22.4 Å². The van der Waals surface area contributed by atoms with Crippen molar-refractivity contribution < 1.29 is 14.3 Å². The van der Waals surface area contributed by atoms with E-state index in [-0.39, 0.29) is 0 Å². The molecule has 0 unspecified atom stereocenters. The van der Waals surface area contributed by atoms with Gasteiger partial charge in [0.1, 0.15) is 0 Å². The van der Waals surface area contributed by atoms with E-state index in [1.165, 1.54) is 7.11 Å². The molecule has 0 spiro atoms. The van der Waals surface area contributed by atoms with Gasteiger partial charge in [-0.1, -0.05) is 6.92 Å². The van der Waals surface area contributed by atoms with Crippen LogP contribution in [0.5, 0.6) is 0 Å². The van der Waals surface area contributed by atoms with Crippen LogP contribution in [-0.4, -0.2) is 36.6 Å². The van der Waals surface area contributed by atoms with Crippen LogP contribution in [0.1, 0.15) is 23.1 Å². The average Bonchev–Trinajstić information content (AvgIpc) is 2.68. The van der Waals surface area contributed by atoms with Gasteiger partial charge in [0.05, 0.1) is 20.3 Å². The minimum Gasteiger partial charge on any atom is -0.464 e. The van der Waals surface area contributed by atoms with Crippen molar-refractivity contribution in [3.8, 4) is 0 Å². The lowest BCUT2D eigenvalue weighted by Crippen LogP contribution is -2.10. The van der Waals surface area contributed by atoms with E-state index in [2.05, 4.69) is 9.84 Å². The van der Waals surface area contributed by atoms with Gasteiger partial charge < -0.3 is 9.47 Å². The monoisotopic (exact) mass is 212 g/mol. The van der Waals surface area contributed by atoms with Gasteiger partial charge in [0.25, 0.3) is 0 Å². The summed E-state index contributed by atoms with van der Waals surface area (Å²) in [6.07, 6.45) is 0.827. The fourth-order valence-corrected chi connectivity index (χ4v) is 1.32. The van der Waals surface area contributed by atoms with Gasteiger partial charge >= 0.3 is 5.97 Å². The van der Waals surface area contributed by atoms with Crippen molar-refractivity contribution in [2.45, 2.75) is 19.9 Å². The van der Waals surface area contributed by atoms with E-state index < -0.39 is 5.97 Å². The van der Waals surface area contributed by atoms with E-state index in [0.717, 1.165) is 12.1 Å². The summed E-state index contributed by atoms with van der Waals surface area (Å²) in [4.78, 5) is 11.2. The molecule has 5 nitrogen and oxygen atoms in total. The van der Waals surface area contributed by atoms with Gasteiger partial charge in [-0.05, 0) is 12.5 Å². The Labute approximate surface area is 89.0 Å². The molecule has 0 saturated heterocycles. The van der Waals surface area contributed by atoms with Crippen LogP contribution in [0, 0.1) is 0 Å². The number of rotatable bonds is 5. The molecule has 0 aliphatic heterocycles. The second kappa shape index (κ2) is 5.50. The Morgan fingerprint density at radius 1 is 1.53 bits per heavy atom. The highest BCUT2D eigenvalue weighted by atomic mass is 16.5. The Hall–Kier alpha value is -1.36. The van der Waals surface area contributed by atoms with Crippen molar-refractivity contribution in [3.05, 3.63) is 17.5 Å². The number of aryl methyl sites for hydroxylation is 1. The zero-order valence-corrected chi connectivity index (χ0v) is 9.32. The zero-order chi connectivity index (χ0) is 11.3. The Morgan fingerprint density at radius 3 is 2.80 bits per heavy atom. The normalized spacial score (nSPS) is 10.3. The molecule has 0 aromatic carbocycles. The van der Waals surface area contributed by atoms with Gasteiger partial charge in [0, 0.05) is 12.8 Å². The maximum Gasteiger partial charge on any atom is 0.358 e. The van der Waals surface area contributed by atoms with Crippen molar-refractivity contribution in [3.63, 3.8) is 0 Å². The van der Waals surface area contributed by atoms with Crippen molar-refractivity contribution in [1.29, 1.82) is 0 Å². The molecule has 0 aliphatic carbocycles. The molecule has 5 heteroatoms. The van der Waals surface area contributed by atoms with Crippen molar-refractivity contribution >= 4 is 5.97 Å². The molecular formula is C10H16N2O3. The minimum atomic E-state index is -0.402. The SMILES string of the molecule is CCc1cc(C(=O)OC)nn1CCOC. The number of aromatic nitrogens is 2. The minimum absolute atomic E-state index is 0.352. The average molecular weight is 212 g/mol. The van der Waals surface area contributed by atoms with Crippen LogP contribution in [0.25, 0.3) is 0 Å². The fourth-order valence-electron chi connectivity index (χ4n) is 1.32. The van der Waals surface area contributed by atoms with E-state index in [1.54, 1.807) is 17.9 Å². The Kier molecular flexibility index (Phi) is 4.30. The van der Waals surface area contributed by atoms with Crippen LogP contribution in [0.2, 0.25) is 0 Å². The summed E-state index contributed by atoms with van der Waals surface area (Å²) >= 11 is 0. The largest absolute Gasteiger partial charge is 0.464 e. The predicted octanol–water partition coefficient (Wildman–Crippen LogP) is 0.878. The Balaban J connectivity index is 2.84. The third-order valence-corrected chi connectivity index (χ3v) is 2.13. The standard InChI is InChI=1S/C10H16N2O3/c1-4-8-7-9(10(13)15-3)11-12(8)5-6-14-2/h7H,4-6H2,1-3H3. The molecule has 0 amide bonds. The number of methoxy groups -OCH3 is 2. The van der Waals surface area contributed by atoms with Crippen LogP contribution in [0.4, 0.5) is 0 Å². The molecule has 1 heterocycles. The Morgan fingerprint density at radius 2 is 2.27 bits per heavy atom. The van der Waals surface area contributed by atoms with Gasteiger partial charge in [0.15, 0.2) is 5.69 Å². The van der Waals surface area contributed by atoms with Crippen LogP contribution in [0.15, 0.2) is 6.07 Å². The molecule has 0 N–H and O–H groups in total. The van der Waals surface area contributed by atoms with E-state index in [0.29, 0.717) is 18.8 Å². The van der Waals surface area contributed by atoms with Crippen LogP contribution < -0.4 is 0 Å². The summed E-state index contributed by atoms with van der Waals surface area (Å²) in [5, 5.41) is 4.15. The number of hydrogen-bond acceptors (Lipinski definition) is 4. The van der Waals surface area contributed by atoms with Crippen molar-refractivity contribution in [2.24, 2.45) is 0 Å². The maximum absolute atomic E-state index is 11.2. The van der Waals surface area contributed by atoms with E-state index in [9.17, 15) is 4.79 Å². The van der Waals surface area contributed by atoms with E-state index >= 15 is 0 Å². The predicted molar refractivity (Wildman–Crippen MR) is 54.8 cm³/mol. The van der Waals surface area contributed by atoms with Crippen LogP contribution in [0.3, 0.4) is 0 Å². The third-order valence-electron chi connectivity index (χ3n) is 2.13. The van der Waals surface area contributed by atoms with Crippen molar-refractivity contribution in [2.75, 3.05) is 20.8 Å². The lowest BCUT2D eigenvalue weighted by Gasteiger charge is -2.03.